The number of rotatable bonds is 8. The van der Waals surface area contributed by atoms with Gasteiger partial charge in [-0.2, -0.15) is 0 Å². The Morgan fingerprint density at radius 3 is 2.23 bits per heavy atom. The third-order valence-corrected chi connectivity index (χ3v) is 4.10. The molecule has 5 heteroatoms. The Labute approximate surface area is 154 Å². The normalized spacial score (nSPS) is 11.8. The second kappa shape index (κ2) is 8.97. The van der Waals surface area contributed by atoms with E-state index < -0.39 is 0 Å². The van der Waals surface area contributed by atoms with Gasteiger partial charge in [-0.3, -0.25) is 0 Å². The van der Waals surface area contributed by atoms with Crippen LogP contribution in [0.15, 0.2) is 67.0 Å². The van der Waals surface area contributed by atoms with Crippen LogP contribution in [0.5, 0.6) is 11.8 Å². The molecule has 3 aromatic rings. The highest BCUT2D eigenvalue weighted by Gasteiger charge is 2.05. The summed E-state index contributed by atoms with van der Waals surface area (Å²) in [5, 5.41) is 3.50. The molecule has 26 heavy (non-hydrogen) atoms. The maximum atomic E-state index is 5.70. The maximum absolute atomic E-state index is 5.70. The molecule has 0 fully saturated rings. The van der Waals surface area contributed by atoms with Crippen molar-refractivity contribution in [1.29, 1.82) is 0 Å². The van der Waals surface area contributed by atoms with Crippen LogP contribution < -0.4 is 14.8 Å². The molecule has 0 saturated heterocycles. The van der Waals surface area contributed by atoms with E-state index in [1.54, 1.807) is 13.3 Å². The van der Waals surface area contributed by atoms with Crippen LogP contribution in [0.1, 0.15) is 29.7 Å². The fourth-order valence-corrected chi connectivity index (χ4v) is 2.51. The van der Waals surface area contributed by atoms with Gasteiger partial charge in [0.05, 0.1) is 7.11 Å². The molecule has 1 N–H and O–H groups in total. The summed E-state index contributed by atoms with van der Waals surface area (Å²) in [5.74, 6) is 1.19. The molecule has 3 rings (SSSR count). The van der Waals surface area contributed by atoms with E-state index in [1.807, 2.05) is 36.5 Å². The summed E-state index contributed by atoms with van der Waals surface area (Å²) in [7, 11) is 1.60. The first-order valence-corrected chi connectivity index (χ1v) is 8.59. The first-order chi connectivity index (χ1) is 12.7. The van der Waals surface area contributed by atoms with Crippen molar-refractivity contribution in [3.8, 4) is 11.8 Å². The largest absolute Gasteiger partial charge is 0.481 e. The van der Waals surface area contributed by atoms with E-state index in [1.165, 1.54) is 5.56 Å². The molecule has 0 radical (unpaired) electrons. The number of hydrogen-bond acceptors (Lipinski definition) is 5. The number of ether oxygens (including phenoxy) is 2. The van der Waals surface area contributed by atoms with Crippen LogP contribution >= 0.6 is 0 Å². The Balaban J connectivity index is 1.48. The summed E-state index contributed by atoms with van der Waals surface area (Å²) < 4.78 is 10.7. The van der Waals surface area contributed by atoms with E-state index in [0.29, 0.717) is 18.4 Å². The molecule has 0 aliphatic rings. The van der Waals surface area contributed by atoms with Crippen molar-refractivity contribution in [3.05, 3.63) is 83.7 Å². The minimum atomic E-state index is 0.287. The van der Waals surface area contributed by atoms with Crippen LogP contribution in [0.25, 0.3) is 0 Å². The van der Waals surface area contributed by atoms with Crippen molar-refractivity contribution >= 4 is 0 Å². The second-order valence-corrected chi connectivity index (χ2v) is 6.02. The zero-order chi connectivity index (χ0) is 18.2. The van der Waals surface area contributed by atoms with Gasteiger partial charge >= 0.3 is 0 Å². The van der Waals surface area contributed by atoms with Crippen LogP contribution in [-0.2, 0) is 13.2 Å². The number of hydrogen-bond donors (Lipinski definition) is 1. The lowest BCUT2D eigenvalue weighted by atomic mass is 10.1. The molecule has 0 saturated carbocycles. The van der Waals surface area contributed by atoms with Gasteiger partial charge in [-0.1, -0.05) is 36.4 Å². The fraction of sp³-hybridized carbons (Fsp3) is 0.238. The van der Waals surface area contributed by atoms with Crippen LogP contribution in [0.4, 0.5) is 0 Å². The van der Waals surface area contributed by atoms with Gasteiger partial charge in [0.25, 0.3) is 0 Å². The molecule has 5 nitrogen and oxygen atoms in total. The minimum Gasteiger partial charge on any atom is -0.481 e. The Morgan fingerprint density at radius 2 is 1.58 bits per heavy atom. The first-order valence-electron chi connectivity index (χ1n) is 8.59. The van der Waals surface area contributed by atoms with Crippen molar-refractivity contribution in [2.75, 3.05) is 7.11 Å². The Hall–Kier alpha value is -2.92. The molecule has 1 aromatic carbocycles. The smallest absolute Gasteiger partial charge is 0.213 e. The highest BCUT2D eigenvalue weighted by atomic mass is 16.5. The molecular formula is C21H23N3O2. The van der Waals surface area contributed by atoms with E-state index in [0.717, 1.165) is 17.7 Å². The number of nitrogens with one attached hydrogen (secondary N) is 1. The van der Waals surface area contributed by atoms with E-state index in [4.69, 9.17) is 9.47 Å². The molecule has 0 amide bonds. The first kappa shape index (κ1) is 17.9. The highest BCUT2D eigenvalue weighted by molar-refractivity contribution is 5.21. The Kier molecular flexibility index (Phi) is 6.17. The highest BCUT2D eigenvalue weighted by Crippen LogP contribution is 2.14. The molecule has 0 aliphatic heterocycles. The minimum absolute atomic E-state index is 0.287. The molecule has 2 aromatic heterocycles. The predicted octanol–water partition coefficient (Wildman–Crippen LogP) is 3.92. The quantitative estimate of drug-likeness (QED) is 0.668. The topological polar surface area (TPSA) is 56.3 Å². The van der Waals surface area contributed by atoms with Crippen LogP contribution in [0.2, 0.25) is 0 Å². The van der Waals surface area contributed by atoms with Gasteiger partial charge in [0.1, 0.15) is 6.61 Å². The van der Waals surface area contributed by atoms with E-state index in [9.17, 15) is 0 Å². The number of pyridine rings is 2. The summed E-state index contributed by atoms with van der Waals surface area (Å²) in [5.41, 5.74) is 3.36. The van der Waals surface area contributed by atoms with Gasteiger partial charge in [0.2, 0.25) is 11.8 Å². The number of nitrogens with zero attached hydrogens (tertiary/aromatic N) is 2. The molecule has 0 unspecified atom stereocenters. The average molecular weight is 349 g/mol. The monoisotopic (exact) mass is 349 g/mol. The molecular weight excluding hydrogens is 326 g/mol. The molecule has 0 aliphatic carbocycles. The summed E-state index contributed by atoms with van der Waals surface area (Å²) in [4.78, 5) is 8.53. The Bertz CT molecular complexity index is 790. The lowest BCUT2D eigenvalue weighted by Gasteiger charge is -2.14. The van der Waals surface area contributed by atoms with Gasteiger partial charge in [0, 0.05) is 42.7 Å². The summed E-state index contributed by atoms with van der Waals surface area (Å²) in [6.45, 7) is 3.33. The fourth-order valence-electron chi connectivity index (χ4n) is 2.51. The third kappa shape index (κ3) is 5.04. The summed E-state index contributed by atoms with van der Waals surface area (Å²) in [6.07, 6.45) is 3.58. The van der Waals surface area contributed by atoms with Crippen LogP contribution in [0.3, 0.4) is 0 Å². The molecule has 1 atom stereocenters. The summed E-state index contributed by atoms with van der Waals surface area (Å²) in [6, 6.07) is 18.3. The molecule has 2 heterocycles. The van der Waals surface area contributed by atoms with Crippen LogP contribution in [0, 0.1) is 0 Å². The molecule has 0 spiro atoms. The number of benzene rings is 1. The van der Waals surface area contributed by atoms with Crippen molar-refractivity contribution in [3.63, 3.8) is 0 Å². The molecule has 0 bridgehead atoms. The van der Waals surface area contributed by atoms with E-state index in [2.05, 4.69) is 46.5 Å². The number of aromatic nitrogens is 2. The van der Waals surface area contributed by atoms with Gasteiger partial charge in [-0.15, -0.1) is 0 Å². The Morgan fingerprint density at radius 1 is 0.885 bits per heavy atom. The predicted molar refractivity (Wildman–Crippen MR) is 101 cm³/mol. The lowest BCUT2D eigenvalue weighted by molar-refractivity contribution is 0.292. The van der Waals surface area contributed by atoms with E-state index >= 15 is 0 Å². The van der Waals surface area contributed by atoms with Crippen molar-refractivity contribution in [2.24, 2.45) is 0 Å². The average Bonchev–Trinajstić information content (AvgIpc) is 2.72. The zero-order valence-electron chi connectivity index (χ0n) is 15.1. The van der Waals surface area contributed by atoms with Crippen LogP contribution in [-0.4, -0.2) is 17.1 Å². The third-order valence-electron chi connectivity index (χ3n) is 4.10. The maximum Gasteiger partial charge on any atom is 0.213 e. The molecule has 134 valence electrons. The van der Waals surface area contributed by atoms with E-state index in [-0.39, 0.29) is 6.04 Å². The summed E-state index contributed by atoms with van der Waals surface area (Å²) >= 11 is 0. The van der Waals surface area contributed by atoms with Gasteiger partial charge in [-0.25, -0.2) is 9.97 Å². The number of methoxy groups -OCH3 is 1. The van der Waals surface area contributed by atoms with Gasteiger partial charge in [0.15, 0.2) is 0 Å². The lowest BCUT2D eigenvalue weighted by Crippen LogP contribution is -2.18. The second-order valence-electron chi connectivity index (χ2n) is 6.02. The van der Waals surface area contributed by atoms with Gasteiger partial charge in [-0.05, 0) is 24.1 Å². The standard InChI is InChI=1S/C21H23N3O2/c1-16(19-6-4-3-5-7-19)22-12-17-8-11-21(24-13-17)26-15-18-9-10-20(25-2)23-14-18/h3-11,13-14,16,22H,12,15H2,1-2H3/t16-/m1/s1. The van der Waals surface area contributed by atoms with Crippen molar-refractivity contribution in [1.82, 2.24) is 15.3 Å². The zero-order valence-corrected chi connectivity index (χ0v) is 15.1. The van der Waals surface area contributed by atoms with Gasteiger partial charge < -0.3 is 14.8 Å². The van der Waals surface area contributed by atoms with Crippen molar-refractivity contribution < 1.29 is 9.47 Å². The SMILES string of the molecule is COc1ccc(COc2ccc(CN[C@H](C)c3ccccc3)cn2)cn1. The van der Waals surface area contributed by atoms with Crippen molar-refractivity contribution in [2.45, 2.75) is 26.1 Å².